The molecule has 0 aliphatic rings. The van der Waals surface area contributed by atoms with Gasteiger partial charge in [-0.15, -0.1) is 0 Å². The first-order valence-corrected chi connectivity index (χ1v) is 5.72. The molecule has 3 nitrogen and oxygen atoms in total. The van der Waals surface area contributed by atoms with Crippen LogP contribution in [0.15, 0.2) is 30.3 Å². The molecule has 2 aromatic rings. The molecule has 0 amide bonds. The fourth-order valence-corrected chi connectivity index (χ4v) is 1.60. The molecular weight excluding hydrogens is 236 g/mol. The number of benzene rings is 1. The van der Waals surface area contributed by atoms with E-state index in [1.165, 1.54) is 0 Å². The smallest absolute Gasteiger partial charge is 0.252 e. The van der Waals surface area contributed by atoms with Gasteiger partial charge in [0.05, 0.1) is 11.4 Å². The summed E-state index contributed by atoms with van der Waals surface area (Å²) in [5.41, 5.74) is 2.73. The SMILES string of the molecule is Cc1nc(Cl)c(OCc2ccccc2)nc1C. The zero-order chi connectivity index (χ0) is 12.3. The van der Waals surface area contributed by atoms with Crippen LogP contribution in [0.25, 0.3) is 0 Å². The van der Waals surface area contributed by atoms with Gasteiger partial charge in [0, 0.05) is 0 Å². The first kappa shape index (κ1) is 11.9. The molecule has 0 aliphatic carbocycles. The van der Waals surface area contributed by atoms with E-state index in [9.17, 15) is 0 Å². The average molecular weight is 249 g/mol. The minimum atomic E-state index is 0.309. The van der Waals surface area contributed by atoms with Crippen LogP contribution in [0.1, 0.15) is 17.0 Å². The van der Waals surface area contributed by atoms with Crippen molar-refractivity contribution in [2.75, 3.05) is 0 Å². The molecule has 0 saturated carbocycles. The second kappa shape index (κ2) is 5.15. The standard InChI is InChI=1S/C13H13ClN2O/c1-9-10(2)16-13(12(14)15-9)17-8-11-6-4-3-5-7-11/h3-7H,8H2,1-2H3. The molecule has 0 fully saturated rings. The third kappa shape index (κ3) is 2.94. The Morgan fingerprint density at radius 2 is 1.71 bits per heavy atom. The summed E-state index contributed by atoms with van der Waals surface area (Å²) in [7, 11) is 0. The van der Waals surface area contributed by atoms with E-state index in [1.807, 2.05) is 44.2 Å². The van der Waals surface area contributed by atoms with Gasteiger partial charge in [0.2, 0.25) is 0 Å². The lowest BCUT2D eigenvalue weighted by Crippen LogP contribution is -2.01. The van der Waals surface area contributed by atoms with Crippen LogP contribution < -0.4 is 4.74 Å². The summed E-state index contributed by atoms with van der Waals surface area (Å²) in [6.45, 7) is 4.20. The molecule has 88 valence electrons. The van der Waals surface area contributed by atoms with E-state index < -0.39 is 0 Å². The second-order valence-electron chi connectivity index (χ2n) is 3.76. The normalized spacial score (nSPS) is 10.3. The van der Waals surface area contributed by atoms with E-state index >= 15 is 0 Å². The van der Waals surface area contributed by atoms with Gasteiger partial charge in [0.25, 0.3) is 5.88 Å². The Morgan fingerprint density at radius 1 is 1.06 bits per heavy atom. The molecule has 0 saturated heterocycles. The topological polar surface area (TPSA) is 35.0 Å². The largest absolute Gasteiger partial charge is 0.471 e. The summed E-state index contributed by atoms with van der Waals surface area (Å²) < 4.78 is 5.55. The lowest BCUT2D eigenvalue weighted by Gasteiger charge is -2.08. The summed E-state index contributed by atoms with van der Waals surface area (Å²) in [6, 6.07) is 9.87. The molecule has 0 bridgehead atoms. The average Bonchev–Trinajstić information content (AvgIpc) is 2.33. The van der Waals surface area contributed by atoms with E-state index in [0.29, 0.717) is 17.6 Å². The van der Waals surface area contributed by atoms with Crippen LogP contribution >= 0.6 is 11.6 Å². The Kier molecular flexibility index (Phi) is 3.59. The van der Waals surface area contributed by atoms with Crippen LogP contribution in [-0.4, -0.2) is 9.97 Å². The Bertz CT molecular complexity index is 514. The van der Waals surface area contributed by atoms with Gasteiger partial charge in [-0.05, 0) is 19.4 Å². The lowest BCUT2D eigenvalue weighted by atomic mass is 10.2. The van der Waals surface area contributed by atoms with Crippen molar-refractivity contribution in [1.82, 2.24) is 9.97 Å². The summed E-state index contributed by atoms with van der Waals surface area (Å²) in [5.74, 6) is 0.388. The van der Waals surface area contributed by atoms with Gasteiger partial charge in [-0.3, -0.25) is 0 Å². The van der Waals surface area contributed by atoms with Crippen molar-refractivity contribution in [2.45, 2.75) is 20.5 Å². The number of hydrogen-bond donors (Lipinski definition) is 0. The molecule has 2 rings (SSSR count). The molecule has 4 heteroatoms. The maximum absolute atomic E-state index is 5.97. The molecule has 0 N–H and O–H groups in total. The Hall–Kier alpha value is -1.61. The summed E-state index contributed by atoms with van der Waals surface area (Å²) in [6.07, 6.45) is 0. The van der Waals surface area contributed by atoms with Crippen molar-refractivity contribution >= 4 is 11.6 Å². The van der Waals surface area contributed by atoms with Crippen LogP contribution in [0.4, 0.5) is 0 Å². The molecule has 0 unspecified atom stereocenters. The van der Waals surface area contributed by atoms with Crippen LogP contribution in [0.3, 0.4) is 0 Å². The minimum Gasteiger partial charge on any atom is -0.471 e. The van der Waals surface area contributed by atoms with Gasteiger partial charge in [-0.2, -0.15) is 0 Å². The van der Waals surface area contributed by atoms with E-state index in [-0.39, 0.29) is 0 Å². The zero-order valence-corrected chi connectivity index (χ0v) is 10.5. The molecule has 1 aromatic heterocycles. The number of ether oxygens (including phenoxy) is 1. The third-order valence-electron chi connectivity index (χ3n) is 2.45. The molecule has 1 heterocycles. The van der Waals surface area contributed by atoms with E-state index in [4.69, 9.17) is 16.3 Å². The summed E-state index contributed by atoms with van der Waals surface area (Å²) in [4.78, 5) is 8.43. The number of hydrogen-bond acceptors (Lipinski definition) is 3. The lowest BCUT2D eigenvalue weighted by molar-refractivity contribution is 0.292. The minimum absolute atomic E-state index is 0.309. The van der Waals surface area contributed by atoms with Gasteiger partial charge >= 0.3 is 0 Å². The van der Waals surface area contributed by atoms with Gasteiger partial charge in [-0.1, -0.05) is 41.9 Å². The highest BCUT2D eigenvalue weighted by Gasteiger charge is 2.08. The van der Waals surface area contributed by atoms with E-state index in [0.717, 1.165) is 17.0 Å². The van der Waals surface area contributed by atoms with Crippen LogP contribution in [0.5, 0.6) is 5.88 Å². The number of aromatic nitrogens is 2. The van der Waals surface area contributed by atoms with Gasteiger partial charge in [-0.25, -0.2) is 9.97 Å². The summed E-state index contributed by atoms with van der Waals surface area (Å²) in [5, 5.41) is 0.309. The number of rotatable bonds is 3. The molecule has 17 heavy (non-hydrogen) atoms. The van der Waals surface area contributed by atoms with E-state index in [1.54, 1.807) is 0 Å². The van der Waals surface area contributed by atoms with Crippen molar-refractivity contribution in [3.8, 4) is 5.88 Å². The second-order valence-corrected chi connectivity index (χ2v) is 4.12. The van der Waals surface area contributed by atoms with Crippen molar-refractivity contribution in [3.63, 3.8) is 0 Å². The predicted molar refractivity (Wildman–Crippen MR) is 67.3 cm³/mol. The fourth-order valence-electron chi connectivity index (χ4n) is 1.37. The first-order chi connectivity index (χ1) is 8.16. The van der Waals surface area contributed by atoms with Crippen molar-refractivity contribution in [2.24, 2.45) is 0 Å². The van der Waals surface area contributed by atoms with Gasteiger partial charge in [0.1, 0.15) is 6.61 Å². The maximum atomic E-state index is 5.97. The highest BCUT2D eigenvalue weighted by atomic mass is 35.5. The Labute approximate surface area is 105 Å². The highest BCUT2D eigenvalue weighted by molar-refractivity contribution is 6.30. The number of halogens is 1. The fraction of sp³-hybridized carbons (Fsp3) is 0.231. The monoisotopic (exact) mass is 248 g/mol. The maximum Gasteiger partial charge on any atom is 0.252 e. The Balaban J connectivity index is 2.12. The molecule has 0 aliphatic heterocycles. The third-order valence-corrected chi connectivity index (χ3v) is 2.70. The quantitative estimate of drug-likeness (QED) is 0.836. The van der Waals surface area contributed by atoms with Crippen LogP contribution in [0.2, 0.25) is 5.15 Å². The van der Waals surface area contributed by atoms with Crippen LogP contribution in [0, 0.1) is 13.8 Å². The predicted octanol–water partition coefficient (Wildman–Crippen LogP) is 3.33. The molecule has 1 aromatic carbocycles. The van der Waals surface area contributed by atoms with Crippen molar-refractivity contribution in [1.29, 1.82) is 0 Å². The zero-order valence-electron chi connectivity index (χ0n) is 9.77. The van der Waals surface area contributed by atoms with Crippen molar-refractivity contribution in [3.05, 3.63) is 52.4 Å². The Morgan fingerprint density at radius 3 is 2.41 bits per heavy atom. The van der Waals surface area contributed by atoms with Crippen LogP contribution in [-0.2, 0) is 6.61 Å². The molecule has 0 atom stereocenters. The first-order valence-electron chi connectivity index (χ1n) is 5.34. The van der Waals surface area contributed by atoms with Gasteiger partial charge < -0.3 is 4.74 Å². The molecular formula is C13H13ClN2O. The van der Waals surface area contributed by atoms with E-state index in [2.05, 4.69) is 9.97 Å². The molecule has 0 radical (unpaired) electrons. The number of aryl methyl sites for hydroxylation is 2. The van der Waals surface area contributed by atoms with Crippen molar-refractivity contribution < 1.29 is 4.74 Å². The highest BCUT2D eigenvalue weighted by Crippen LogP contribution is 2.21. The number of nitrogens with zero attached hydrogens (tertiary/aromatic N) is 2. The summed E-state index contributed by atoms with van der Waals surface area (Å²) >= 11 is 5.97. The van der Waals surface area contributed by atoms with Gasteiger partial charge in [0.15, 0.2) is 5.15 Å². The molecule has 0 spiro atoms.